The van der Waals surface area contributed by atoms with E-state index in [1.165, 1.54) is 11.0 Å². The Kier molecular flexibility index (Phi) is 4.05. The third-order valence-corrected chi connectivity index (χ3v) is 4.07. The average molecular weight is 304 g/mol. The Hall–Kier alpha value is -1.54. The van der Waals surface area contributed by atoms with Crippen LogP contribution in [0.25, 0.3) is 0 Å². The largest absolute Gasteiger partial charge is 0.338 e. The molecule has 1 unspecified atom stereocenters. The molecule has 8 heteroatoms. The first-order valence-corrected chi connectivity index (χ1v) is 7.68. The summed E-state index contributed by atoms with van der Waals surface area (Å²) in [6.07, 6.45) is 0.0687. The number of nitrogens with two attached hydrogens (primary N) is 1. The van der Waals surface area contributed by atoms with Crippen LogP contribution in [0.2, 0.25) is 0 Å². The van der Waals surface area contributed by atoms with Gasteiger partial charge in [0.15, 0.2) is 0 Å². The molecule has 2 N–H and O–H groups in total. The van der Waals surface area contributed by atoms with Crippen molar-refractivity contribution in [2.24, 2.45) is 11.1 Å². The van der Waals surface area contributed by atoms with E-state index < -0.39 is 21.7 Å². The molecule has 1 saturated heterocycles. The molecule has 1 atom stereocenters. The van der Waals surface area contributed by atoms with Gasteiger partial charge in [-0.1, -0.05) is 6.07 Å². The minimum Gasteiger partial charge on any atom is -0.338 e. The van der Waals surface area contributed by atoms with Crippen molar-refractivity contribution < 1.29 is 22.0 Å². The molecule has 0 radical (unpaired) electrons. The van der Waals surface area contributed by atoms with Crippen molar-refractivity contribution in [3.8, 4) is 0 Å². The molecule has 1 aliphatic rings. The van der Waals surface area contributed by atoms with Gasteiger partial charge in [0.05, 0.1) is 5.75 Å². The van der Waals surface area contributed by atoms with Crippen LogP contribution in [0.3, 0.4) is 0 Å². The summed E-state index contributed by atoms with van der Waals surface area (Å²) in [4.78, 5) is 13.1. The number of benzene rings is 1. The van der Waals surface area contributed by atoms with Gasteiger partial charge < -0.3 is 4.90 Å². The number of sulfonamides is 1. The number of rotatable bonds is 4. The molecule has 1 aromatic rings. The maximum absolute atomic E-state index is 13.5. The van der Waals surface area contributed by atoms with Crippen LogP contribution < -0.4 is 5.14 Å². The lowest BCUT2D eigenvalue weighted by Crippen LogP contribution is -2.27. The second kappa shape index (κ2) is 5.45. The molecule has 0 aromatic heterocycles. The van der Waals surface area contributed by atoms with E-state index in [0.29, 0.717) is 0 Å². The molecule has 110 valence electrons. The minimum absolute atomic E-state index is 0.00787. The van der Waals surface area contributed by atoms with E-state index in [9.17, 15) is 22.0 Å². The van der Waals surface area contributed by atoms with Crippen molar-refractivity contribution >= 4 is 15.9 Å². The summed E-state index contributed by atoms with van der Waals surface area (Å²) >= 11 is 0. The van der Waals surface area contributed by atoms with Gasteiger partial charge in [-0.2, -0.15) is 0 Å². The number of likely N-dealkylation sites (tertiary alicyclic amines) is 1. The molecule has 1 aliphatic heterocycles. The molecule has 1 fully saturated rings. The molecule has 1 heterocycles. The van der Waals surface area contributed by atoms with Crippen molar-refractivity contribution in [1.82, 2.24) is 4.90 Å². The standard InChI is InChI=1S/C12H14F2N2O3S/c13-10-2-1-9(11(14)4-10)6-16-5-8(3-12(16)17)7-20(15,18)19/h1-2,4,8H,3,5-7H2,(H2,15,18,19). The second-order valence-electron chi connectivity index (χ2n) is 4.91. The lowest BCUT2D eigenvalue weighted by molar-refractivity contribution is -0.128. The van der Waals surface area contributed by atoms with Crippen LogP contribution in [0.15, 0.2) is 18.2 Å². The van der Waals surface area contributed by atoms with E-state index in [4.69, 9.17) is 5.14 Å². The SMILES string of the molecule is NS(=O)(=O)CC1CC(=O)N(Cc2ccc(F)cc2F)C1. The third kappa shape index (κ3) is 3.73. The van der Waals surface area contributed by atoms with Crippen LogP contribution in [0.4, 0.5) is 8.78 Å². The zero-order valence-electron chi connectivity index (χ0n) is 10.6. The first kappa shape index (κ1) is 14.9. The van der Waals surface area contributed by atoms with Gasteiger partial charge >= 0.3 is 0 Å². The second-order valence-corrected chi connectivity index (χ2v) is 6.57. The number of primary sulfonamides is 1. The molecular weight excluding hydrogens is 290 g/mol. The average Bonchev–Trinajstić information content (AvgIpc) is 2.60. The minimum atomic E-state index is -3.64. The Morgan fingerprint density at radius 1 is 1.35 bits per heavy atom. The van der Waals surface area contributed by atoms with Crippen LogP contribution in [0.5, 0.6) is 0 Å². The highest BCUT2D eigenvalue weighted by molar-refractivity contribution is 7.89. The topological polar surface area (TPSA) is 80.5 Å². The molecule has 0 saturated carbocycles. The van der Waals surface area contributed by atoms with Gasteiger partial charge in [0.1, 0.15) is 11.6 Å². The van der Waals surface area contributed by atoms with Crippen molar-refractivity contribution in [2.45, 2.75) is 13.0 Å². The highest BCUT2D eigenvalue weighted by Gasteiger charge is 2.32. The highest BCUT2D eigenvalue weighted by atomic mass is 32.2. The molecule has 0 spiro atoms. The number of hydrogen-bond acceptors (Lipinski definition) is 3. The van der Waals surface area contributed by atoms with Crippen LogP contribution in [0, 0.1) is 17.6 Å². The van der Waals surface area contributed by atoms with E-state index in [1.807, 2.05) is 0 Å². The Bertz CT molecular complexity index is 634. The first-order valence-electron chi connectivity index (χ1n) is 5.97. The summed E-state index contributed by atoms with van der Waals surface area (Å²) in [6.45, 7) is 0.193. The zero-order valence-corrected chi connectivity index (χ0v) is 11.4. The Morgan fingerprint density at radius 2 is 2.05 bits per heavy atom. The molecule has 1 amide bonds. The lowest BCUT2D eigenvalue weighted by atomic mass is 10.1. The van der Waals surface area contributed by atoms with Crippen LogP contribution in [0.1, 0.15) is 12.0 Å². The lowest BCUT2D eigenvalue weighted by Gasteiger charge is -2.17. The maximum atomic E-state index is 13.5. The molecule has 5 nitrogen and oxygen atoms in total. The van der Waals surface area contributed by atoms with Crippen molar-refractivity contribution in [3.63, 3.8) is 0 Å². The van der Waals surface area contributed by atoms with Gasteiger partial charge in [-0.25, -0.2) is 22.3 Å². The summed E-state index contributed by atoms with van der Waals surface area (Å²) in [5.74, 6) is -2.34. The van der Waals surface area contributed by atoms with Gasteiger partial charge in [0.2, 0.25) is 15.9 Å². The highest BCUT2D eigenvalue weighted by Crippen LogP contribution is 2.22. The number of carbonyl (C=O) groups is 1. The van der Waals surface area contributed by atoms with E-state index >= 15 is 0 Å². The summed E-state index contributed by atoms with van der Waals surface area (Å²) in [5.41, 5.74) is 0.191. The van der Waals surface area contributed by atoms with Gasteiger partial charge in [-0.05, 0) is 6.07 Å². The fraction of sp³-hybridized carbons (Fsp3) is 0.417. The van der Waals surface area contributed by atoms with Crippen LogP contribution in [-0.2, 0) is 21.4 Å². The predicted octanol–water partition coefficient (Wildman–Crippen LogP) is 0.602. The predicted molar refractivity (Wildman–Crippen MR) is 67.9 cm³/mol. The fourth-order valence-corrected chi connectivity index (χ4v) is 3.18. The fourth-order valence-electron chi connectivity index (χ4n) is 2.30. The summed E-state index contributed by atoms with van der Waals surface area (Å²) in [7, 11) is -3.64. The van der Waals surface area contributed by atoms with Gasteiger partial charge in [0.25, 0.3) is 0 Å². The third-order valence-electron chi connectivity index (χ3n) is 3.14. The summed E-state index contributed by atoms with van der Waals surface area (Å²) < 4.78 is 48.3. The van der Waals surface area contributed by atoms with E-state index in [-0.39, 0.29) is 42.7 Å². The maximum Gasteiger partial charge on any atom is 0.223 e. The molecule has 20 heavy (non-hydrogen) atoms. The van der Waals surface area contributed by atoms with E-state index in [2.05, 4.69) is 0 Å². The van der Waals surface area contributed by atoms with Gasteiger partial charge in [0, 0.05) is 37.1 Å². The van der Waals surface area contributed by atoms with Gasteiger partial charge in [-0.3, -0.25) is 4.79 Å². The van der Waals surface area contributed by atoms with Crippen molar-refractivity contribution in [2.75, 3.05) is 12.3 Å². The van der Waals surface area contributed by atoms with Crippen LogP contribution in [-0.4, -0.2) is 31.5 Å². The molecule has 1 aromatic carbocycles. The smallest absolute Gasteiger partial charge is 0.223 e. The molecule has 0 aliphatic carbocycles. The number of hydrogen-bond donors (Lipinski definition) is 1. The van der Waals surface area contributed by atoms with Crippen molar-refractivity contribution in [1.29, 1.82) is 0 Å². The van der Waals surface area contributed by atoms with E-state index in [0.717, 1.165) is 12.1 Å². The Balaban J connectivity index is 2.05. The monoisotopic (exact) mass is 304 g/mol. The van der Waals surface area contributed by atoms with Crippen molar-refractivity contribution in [3.05, 3.63) is 35.4 Å². The first-order chi connectivity index (χ1) is 9.24. The quantitative estimate of drug-likeness (QED) is 0.884. The van der Waals surface area contributed by atoms with E-state index in [1.54, 1.807) is 0 Å². The number of carbonyl (C=O) groups excluding carboxylic acids is 1. The van der Waals surface area contributed by atoms with Gasteiger partial charge in [-0.15, -0.1) is 0 Å². The van der Waals surface area contributed by atoms with Crippen LogP contribution >= 0.6 is 0 Å². The normalized spacial score (nSPS) is 19.6. The number of halogens is 2. The Labute approximate surface area is 115 Å². The molecule has 2 rings (SSSR count). The zero-order chi connectivity index (χ0) is 14.9. The number of nitrogens with zero attached hydrogens (tertiary/aromatic N) is 1. The Morgan fingerprint density at radius 3 is 2.65 bits per heavy atom. The summed E-state index contributed by atoms with van der Waals surface area (Å²) in [6, 6.07) is 3.13. The molecule has 0 bridgehead atoms. The number of amides is 1. The molecular formula is C12H14F2N2O3S. The summed E-state index contributed by atoms with van der Waals surface area (Å²) in [5, 5.41) is 4.94.